The van der Waals surface area contributed by atoms with Crippen LogP contribution in [0.3, 0.4) is 0 Å². The normalized spacial score (nSPS) is 11.9. The van der Waals surface area contributed by atoms with Crippen molar-refractivity contribution in [3.05, 3.63) is 53.7 Å². The van der Waals surface area contributed by atoms with Crippen molar-refractivity contribution in [2.24, 2.45) is 5.73 Å². The van der Waals surface area contributed by atoms with Gasteiger partial charge in [0.25, 0.3) is 0 Å². The number of nitrogens with two attached hydrogens (primary N) is 1. The minimum Gasteiger partial charge on any atom is -0.487 e. The molecule has 1 aromatic carbocycles. The summed E-state index contributed by atoms with van der Waals surface area (Å²) in [4.78, 5) is 4.28. The Hall–Kier alpha value is -2.07. The molecule has 0 saturated heterocycles. The molecule has 19 heavy (non-hydrogen) atoms. The molecular weight excluding hydrogens is 240 g/mol. The van der Waals surface area contributed by atoms with Crippen LogP contribution in [0.25, 0.3) is 0 Å². The fourth-order valence-corrected chi connectivity index (χ4v) is 1.68. The summed E-state index contributed by atoms with van der Waals surface area (Å²) in [5.74, 6) is 1.39. The van der Waals surface area contributed by atoms with Gasteiger partial charge in [-0.05, 0) is 30.7 Å². The fourth-order valence-electron chi connectivity index (χ4n) is 1.68. The maximum Gasteiger partial charge on any atom is 0.213 e. The van der Waals surface area contributed by atoms with E-state index in [1.165, 1.54) is 0 Å². The van der Waals surface area contributed by atoms with Crippen molar-refractivity contribution in [1.29, 1.82) is 0 Å². The molecule has 0 fully saturated rings. The molecule has 0 saturated carbocycles. The first-order valence-electron chi connectivity index (χ1n) is 6.17. The third-order valence-electron chi connectivity index (χ3n) is 2.78. The number of aromatic nitrogens is 1. The average molecular weight is 258 g/mol. The quantitative estimate of drug-likeness (QED) is 0.895. The fraction of sp³-hybridized carbons (Fsp3) is 0.267. The van der Waals surface area contributed by atoms with E-state index in [2.05, 4.69) is 4.98 Å². The van der Waals surface area contributed by atoms with Gasteiger partial charge in [0, 0.05) is 12.1 Å². The first-order valence-corrected chi connectivity index (χ1v) is 6.17. The zero-order valence-corrected chi connectivity index (χ0v) is 11.2. The van der Waals surface area contributed by atoms with Gasteiger partial charge in [-0.2, -0.15) is 0 Å². The van der Waals surface area contributed by atoms with E-state index in [1.54, 1.807) is 13.2 Å². The minimum atomic E-state index is 0.0362. The van der Waals surface area contributed by atoms with Gasteiger partial charge in [-0.1, -0.05) is 18.2 Å². The van der Waals surface area contributed by atoms with Crippen LogP contribution in [0.4, 0.5) is 0 Å². The largest absolute Gasteiger partial charge is 0.487 e. The van der Waals surface area contributed by atoms with Crippen LogP contribution >= 0.6 is 0 Å². The lowest BCUT2D eigenvalue weighted by atomic mass is 10.1. The van der Waals surface area contributed by atoms with E-state index in [-0.39, 0.29) is 6.04 Å². The summed E-state index contributed by atoms with van der Waals surface area (Å²) in [6.07, 6.45) is 0. The van der Waals surface area contributed by atoms with Crippen molar-refractivity contribution in [1.82, 2.24) is 4.98 Å². The number of ether oxygens (including phenoxy) is 2. The molecule has 1 heterocycles. The lowest BCUT2D eigenvalue weighted by molar-refractivity contribution is 0.298. The molecule has 1 atom stereocenters. The summed E-state index contributed by atoms with van der Waals surface area (Å²) in [5.41, 5.74) is 7.72. The van der Waals surface area contributed by atoms with Gasteiger partial charge in [0.15, 0.2) is 0 Å². The van der Waals surface area contributed by atoms with Crippen LogP contribution < -0.4 is 15.2 Å². The van der Waals surface area contributed by atoms with Crippen molar-refractivity contribution in [2.75, 3.05) is 7.11 Å². The van der Waals surface area contributed by atoms with Gasteiger partial charge in [0.1, 0.15) is 12.4 Å². The molecule has 0 unspecified atom stereocenters. The Morgan fingerprint density at radius 2 is 1.89 bits per heavy atom. The van der Waals surface area contributed by atoms with Gasteiger partial charge in [-0.25, -0.2) is 4.98 Å². The van der Waals surface area contributed by atoms with Crippen LogP contribution in [0.5, 0.6) is 11.6 Å². The van der Waals surface area contributed by atoms with Gasteiger partial charge in [-0.3, -0.25) is 0 Å². The number of hydrogen-bond acceptors (Lipinski definition) is 4. The third-order valence-corrected chi connectivity index (χ3v) is 2.78. The standard InChI is InChI=1S/C15H18N2O2/c1-11(16)12-6-8-14(9-7-12)19-10-13-4-3-5-15(17-13)18-2/h3-9,11H,10,16H2,1-2H3/t11-/m1/s1. The molecule has 0 aliphatic carbocycles. The third kappa shape index (κ3) is 3.69. The number of pyridine rings is 1. The Balaban J connectivity index is 1.98. The Labute approximate surface area is 113 Å². The van der Waals surface area contributed by atoms with Crippen LogP contribution in [0.1, 0.15) is 24.2 Å². The van der Waals surface area contributed by atoms with Crippen molar-refractivity contribution in [3.8, 4) is 11.6 Å². The van der Waals surface area contributed by atoms with E-state index in [9.17, 15) is 0 Å². The highest BCUT2D eigenvalue weighted by Crippen LogP contribution is 2.17. The van der Waals surface area contributed by atoms with Gasteiger partial charge in [-0.15, -0.1) is 0 Å². The molecule has 0 bridgehead atoms. The monoisotopic (exact) mass is 258 g/mol. The summed E-state index contributed by atoms with van der Waals surface area (Å²) in [5, 5.41) is 0. The average Bonchev–Trinajstić information content (AvgIpc) is 2.46. The van der Waals surface area contributed by atoms with Crippen LogP contribution in [0.2, 0.25) is 0 Å². The van der Waals surface area contributed by atoms with E-state index in [0.29, 0.717) is 12.5 Å². The highest BCUT2D eigenvalue weighted by Gasteiger charge is 2.01. The molecule has 2 rings (SSSR count). The molecule has 1 aromatic heterocycles. The number of methoxy groups -OCH3 is 1. The first kappa shape index (κ1) is 13.4. The predicted molar refractivity (Wildman–Crippen MR) is 74.2 cm³/mol. The zero-order valence-electron chi connectivity index (χ0n) is 11.2. The van der Waals surface area contributed by atoms with Gasteiger partial charge in [0.2, 0.25) is 5.88 Å². The summed E-state index contributed by atoms with van der Waals surface area (Å²) >= 11 is 0. The second-order valence-electron chi connectivity index (χ2n) is 4.32. The van der Waals surface area contributed by atoms with Crippen molar-refractivity contribution < 1.29 is 9.47 Å². The van der Waals surface area contributed by atoms with Crippen LogP contribution in [0.15, 0.2) is 42.5 Å². The number of rotatable bonds is 5. The number of nitrogens with zero attached hydrogens (tertiary/aromatic N) is 1. The Kier molecular flexibility index (Phi) is 4.36. The van der Waals surface area contributed by atoms with Crippen molar-refractivity contribution >= 4 is 0 Å². The highest BCUT2D eigenvalue weighted by molar-refractivity contribution is 5.29. The Bertz CT molecular complexity index is 524. The summed E-state index contributed by atoms with van der Waals surface area (Å²) in [6.45, 7) is 2.37. The van der Waals surface area contributed by atoms with Crippen LogP contribution in [-0.4, -0.2) is 12.1 Å². The molecule has 0 aliphatic heterocycles. The molecule has 0 radical (unpaired) electrons. The lowest BCUT2D eigenvalue weighted by Crippen LogP contribution is -2.04. The number of benzene rings is 1. The summed E-state index contributed by atoms with van der Waals surface area (Å²) < 4.78 is 10.7. The molecule has 0 amide bonds. The minimum absolute atomic E-state index is 0.0362. The SMILES string of the molecule is COc1cccc(COc2ccc([C@@H](C)N)cc2)n1. The molecular formula is C15H18N2O2. The Morgan fingerprint density at radius 1 is 1.16 bits per heavy atom. The summed E-state index contributed by atoms with van der Waals surface area (Å²) in [7, 11) is 1.60. The van der Waals surface area contributed by atoms with Crippen molar-refractivity contribution in [3.63, 3.8) is 0 Å². The predicted octanol–water partition coefficient (Wildman–Crippen LogP) is 2.69. The smallest absolute Gasteiger partial charge is 0.213 e. The van der Waals surface area contributed by atoms with Gasteiger partial charge >= 0.3 is 0 Å². The zero-order chi connectivity index (χ0) is 13.7. The van der Waals surface area contributed by atoms with Crippen LogP contribution in [-0.2, 0) is 6.61 Å². The summed E-state index contributed by atoms with van der Waals surface area (Å²) in [6, 6.07) is 13.4. The van der Waals surface area contributed by atoms with Gasteiger partial charge < -0.3 is 15.2 Å². The van der Waals surface area contributed by atoms with E-state index in [1.807, 2.05) is 43.3 Å². The van der Waals surface area contributed by atoms with E-state index in [0.717, 1.165) is 17.0 Å². The topological polar surface area (TPSA) is 57.4 Å². The molecule has 2 N–H and O–H groups in total. The molecule has 0 spiro atoms. The Morgan fingerprint density at radius 3 is 2.53 bits per heavy atom. The molecule has 4 heteroatoms. The highest BCUT2D eigenvalue weighted by atomic mass is 16.5. The molecule has 2 aromatic rings. The second kappa shape index (κ2) is 6.20. The van der Waals surface area contributed by atoms with E-state index < -0.39 is 0 Å². The van der Waals surface area contributed by atoms with Crippen molar-refractivity contribution in [2.45, 2.75) is 19.6 Å². The molecule has 0 aliphatic rings. The van der Waals surface area contributed by atoms with E-state index >= 15 is 0 Å². The number of hydrogen-bond donors (Lipinski definition) is 1. The molecule has 4 nitrogen and oxygen atoms in total. The van der Waals surface area contributed by atoms with E-state index in [4.69, 9.17) is 15.2 Å². The second-order valence-corrected chi connectivity index (χ2v) is 4.32. The first-order chi connectivity index (χ1) is 9.19. The maximum atomic E-state index is 5.80. The lowest BCUT2D eigenvalue weighted by Gasteiger charge is -2.09. The molecule has 100 valence electrons. The van der Waals surface area contributed by atoms with Crippen LogP contribution in [0, 0.1) is 0 Å². The van der Waals surface area contributed by atoms with Gasteiger partial charge in [0.05, 0.1) is 12.8 Å². The maximum absolute atomic E-state index is 5.80.